The minimum absolute atomic E-state index is 0.0832. The van der Waals surface area contributed by atoms with Crippen molar-refractivity contribution in [3.63, 3.8) is 0 Å². The van der Waals surface area contributed by atoms with Crippen molar-refractivity contribution < 1.29 is 9.53 Å². The van der Waals surface area contributed by atoms with Gasteiger partial charge in [-0.2, -0.15) is 0 Å². The van der Waals surface area contributed by atoms with E-state index in [2.05, 4.69) is 5.32 Å². The van der Waals surface area contributed by atoms with Gasteiger partial charge in [0, 0.05) is 25.5 Å². The molecule has 4 heteroatoms. The van der Waals surface area contributed by atoms with Gasteiger partial charge in [-0.25, -0.2) is 0 Å². The van der Waals surface area contributed by atoms with E-state index in [0.717, 1.165) is 25.9 Å². The van der Waals surface area contributed by atoms with E-state index in [9.17, 15) is 4.79 Å². The fraction of sp³-hybridized carbons (Fsp3) is 0.900. The normalized spacial score (nSPS) is 21.9. The smallest absolute Gasteiger partial charge is 0.220 e. The van der Waals surface area contributed by atoms with Crippen molar-refractivity contribution in [3.05, 3.63) is 0 Å². The second kappa shape index (κ2) is 7.07. The lowest BCUT2D eigenvalue weighted by atomic mass is 10.1. The van der Waals surface area contributed by atoms with Gasteiger partial charge in [0.15, 0.2) is 0 Å². The molecule has 0 aliphatic carbocycles. The molecule has 1 fully saturated rings. The van der Waals surface area contributed by atoms with Crippen LogP contribution in [0.3, 0.4) is 0 Å². The van der Waals surface area contributed by atoms with Crippen molar-refractivity contribution in [2.24, 2.45) is 0 Å². The molecule has 1 amide bonds. The van der Waals surface area contributed by atoms with Crippen molar-refractivity contribution in [3.8, 4) is 0 Å². The standard InChI is InChI=1S/C10H18ClNO2/c11-6-3-5-10(13)12-8-9-4-1-2-7-14-9/h9H,1-8H2,(H,12,13). The molecule has 1 aliphatic rings. The summed E-state index contributed by atoms with van der Waals surface area (Å²) in [6, 6.07) is 0. The molecule has 1 heterocycles. The lowest BCUT2D eigenvalue weighted by Crippen LogP contribution is -2.35. The highest BCUT2D eigenvalue weighted by atomic mass is 35.5. The van der Waals surface area contributed by atoms with Crippen LogP contribution in [0.5, 0.6) is 0 Å². The van der Waals surface area contributed by atoms with E-state index in [0.29, 0.717) is 18.8 Å². The van der Waals surface area contributed by atoms with E-state index in [-0.39, 0.29) is 12.0 Å². The quantitative estimate of drug-likeness (QED) is 0.715. The molecule has 1 rings (SSSR count). The zero-order chi connectivity index (χ0) is 10.2. The molecule has 0 aromatic rings. The molecule has 1 unspecified atom stereocenters. The Kier molecular flexibility index (Phi) is 5.96. The Morgan fingerprint density at radius 2 is 2.36 bits per heavy atom. The van der Waals surface area contributed by atoms with Gasteiger partial charge < -0.3 is 10.1 Å². The maximum absolute atomic E-state index is 11.2. The first kappa shape index (κ1) is 11.8. The van der Waals surface area contributed by atoms with Gasteiger partial charge in [-0.1, -0.05) is 0 Å². The molecule has 0 spiro atoms. The first-order valence-electron chi connectivity index (χ1n) is 5.27. The Balaban J connectivity index is 2.03. The largest absolute Gasteiger partial charge is 0.376 e. The zero-order valence-corrected chi connectivity index (χ0v) is 9.18. The summed E-state index contributed by atoms with van der Waals surface area (Å²) in [5, 5.41) is 2.86. The SMILES string of the molecule is O=C(CCCCl)NCC1CCCCO1. The van der Waals surface area contributed by atoms with Crippen LogP contribution in [0.4, 0.5) is 0 Å². The summed E-state index contributed by atoms with van der Waals surface area (Å²) >= 11 is 5.49. The Labute approximate surface area is 90.1 Å². The summed E-state index contributed by atoms with van der Waals surface area (Å²) < 4.78 is 5.49. The molecule has 0 aromatic heterocycles. The lowest BCUT2D eigenvalue weighted by molar-refractivity contribution is -0.122. The summed E-state index contributed by atoms with van der Waals surface area (Å²) in [7, 11) is 0. The molecule has 0 bridgehead atoms. The lowest BCUT2D eigenvalue weighted by Gasteiger charge is -2.22. The molecule has 14 heavy (non-hydrogen) atoms. The third kappa shape index (κ3) is 4.82. The third-order valence-electron chi connectivity index (χ3n) is 2.34. The van der Waals surface area contributed by atoms with E-state index >= 15 is 0 Å². The van der Waals surface area contributed by atoms with E-state index < -0.39 is 0 Å². The summed E-state index contributed by atoms with van der Waals surface area (Å²) in [5.41, 5.74) is 0. The zero-order valence-electron chi connectivity index (χ0n) is 8.43. The van der Waals surface area contributed by atoms with Gasteiger partial charge in [-0.15, -0.1) is 11.6 Å². The maximum atomic E-state index is 11.2. The monoisotopic (exact) mass is 219 g/mol. The Morgan fingerprint density at radius 1 is 1.50 bits per heavy atom. The second-order valence-corrected chi connectivity index (χ2v) is 3.96. The molecule has 82 valence electrons. The Morgan fingerprint density at radius 3 is 3.00 bits per heavy atom. The van der Waals surface area contributed by atoms with Crippen molar-refractivity contribution in [1.29, 1.82) is 0 Å². The predicted octanol–water partition coefficient (Wildman–Crippen LogP) is 1.69. The highest BCUT2D eigenvalue weighted by molar-refractivity contribution is 6.17. The van der Waals surface area contributed by atoms with Gasteiger partial charge in [-0.05, 0) is 25.7 Å². The van der Waals surface area contributed by atoms with Gasteiger partial charge in [0.05, 0.1) is 6.10 Å². The van der Waals surface area contributed by atoms with Crippen LogP contribution in [0.2, 0.25) is 0 Å². The first-order chi connectivity index (χ1) is 6.83. The molecular formula is C10H18ClNO2. The van der Waals surface area contributed by atoms with Crippen molar-refractivity contribution >= 4 is 17.5 Å². The van der Waals surface area contributed by atoms with Crippen LogP contribution in [0.25, 0.3) is 0 Å². The van der Waals surface area contributed by atoms with Gasteiger partial charge >= 0.3 is 0 Å². The van der Waals surface area contributed by atoms with Crippen LogP contribution in [0.15, 0.2) is 0 Å². The molecular weight excluding hydrogens is 202 g/mol. The van der Waals surface area contributed by atoms with E-state index in [1.165, 1.54) is 6.42 Å². The fourth-order valence-corrected chi connectivity index (χ4v) is 1.65. The van der Waals surface area contributed by atoms with Crippen LogP contribution in [0, 0.1) is 0 Å². The Bertz CT molecular complexity index is 170. The molecule has 1 N–H and O–H groups in total. The molecule has 0 saturated carbocycles. The van der Waals surface area contributed by atoms with E-state index in [4.69, 9.17) is 16.3 Å². The molecule has 1 aliphatic heterocycles. The molecule has 1 saturated heterocycles. The molecule has 0 radical (unpaired) electrons. The number of rotatable bonds is 5. The molecule has 0 aromatic carbocycles. The number of nitrogens with one attached hydrogen (secondary N) is 1. The van der Waals surface area contributed by atoms with Gasteiger partial charge in [-0.3, -0.25) is 4.79 Å². The number of hydrogen-bond acceptors (Lipinski definition) is 2. The molecule has 1 atom stereocenters. The van der Waals surface area contributed by atoms with Crippen LogP contribution < -0.4 is 5.32 Å². The van der Waals surface area contributed by atoms with Crippen LogP contribution >= 0.6 is 11.6 Å². The average Bonchev–Trinajstić information content (AvgIpc) is 2.25. The summed E-state index contributed by atoms with van der Waals surface area (Å²) in [5.74, 6) is 0.632. The number of ether oxygens (including phenoxy) is 1. The summed E-state index contributed by atoms with van der Waals surface area (Å²) in [6.07, 6.45) is 4.92. The second-order valence-electron chi connectivity index (χ2n) is 3.59. The Hall–Kier alpha value is -0.280. The van der Waals surface area contributed by atoms with Crippen molar-refractivity contribution in [1.82, 2.24) is 5.32 Å². The van der Waals surface area contributed by atoms with Crippen molar-refractivity contribution in [2.45, 2.75) is 38.2 Å². The number of halogens is 1. The first-order valence-corrected chi connectivity index (χ1v) is 5.80. The molecule has 3 nitrogen and oxygen atoms in total. The number of carbonyl (C=O) groups is 1. The highest BCUT2D eigenvalue weighted by Gasteiger charge is 2.14. The van der Waals surface area contributed by atoms with E-state index in [1.54, 1.807) is 0 Å². The maximum Gasteiger partial charge on any atom is 0.220 e. The van der Waals surface area contributed by atoms with Crippen LogP contribution in [-0.2, 0) is 9.53 Å². The number of amides is 1. The highest BCUT2D eigenvalue weighted by Crippen LogP contribution is 2.11. The number of alkyl halides is 1. The fourth-order valence-electron chi connectivity index (χ4n) is 1.51. The van der Waals surface area contributed by atoms with E-state index in [1.807, 2.05) is 0 Å². The van der Waals surface area contributed by atoms with Crippen LogP contribution in [0.1, 0.15) is 32.1 Å². The minimum atomic E-state index is 0.0832. The van der Waals surface area contributed by atoms with Gasteiger partial charge in [0.2, 0.25) is 5.91 Å². The third-order valence-corrected chi connectivity index (χ3v) is 2.61. The summed E-state index contributed by atoms with van der Waals surface area (Å²) in [6.45, 7) is 1.49. The minimum Gasteiger partial charge on any atom is -0.376 e. The van der Waals surface area contributed by atoms with Gasteiger partial charge in [0.25, 0.3) is 0 Å². The summed E-state index contributed by atoms with van der Waals surface area (Å²) in [4.78, 5) is 11.2. The topological polar surface area (TPSA) is 38.3 Å². The average molecular weight is 220 g/mol. The predicted molar refractivity (Wildman–Crippen MR) is 56.6 cm³/mol. The number of carbonyl (C=O) groups excluding carboxylic acids is 1. The number of hydrogen-bond donors (Lipinski definition) is 1. The van der Waals surface area contributed by atoms with Crippen LogP contribution in [-0.4, -0.2) is 31.0 Å². The van der Waals surface area contributed by atoms with Gasteiger partial charge in [0.1, 0.15) is 0 Å². The van der Waals surface area contributed by atoms with Crippen molar-refractivity contribution in [2.75, 3.05) is 19.0 Å².